The van der Waals surface area contributed by atoms with Crippen molar-refractivity contribution in [2.75, 3.05) is 12.4 Å². The molecule has 0 radical (unpaired) electrons. The Kier molecular flexibility index (Phi) is 3.92. The maximum atomic E-state index is 5.31. The van der Waals surface area contributed by atoms with Crippen molar-refractivity contribution in [3.63, 3.8) is 0 Å². The zero-order valence-corrected chi connectivity index (χ0v) is 13.0. The summed E-state index contributed by atoms with van der Waals surface area (Å²) in [6.45, 7) is 0. The minimum atomic E-state index is 0.456. The molecule has 1 heterocycles. The third kappa shape index (κ3) is 2.96. The van der Waals surface area contributed by atoms with E-state index in [-0.39, 0.29) is 0 Å². The Morgan fingerprint density at radius 2 is 2.15 bits per heavy atom. The molecule has 0 saturated carbocycles. The first kappa shape index (κ1) is 13.4. The highest BCUT2D eigenvalue weighted by Crippen LogP contribution is 2.27. The van der Waals surface area contributed by atoms with E-state index in [0.717, 1.165) is 35.3 Å². The molecule has 20 heavy (non-hydrogen) atoms. The molecule has 3 rings (SSSR count). The van der Waals surface area contributed by atoms with Crippen molar-refractivity contribution in [2.24, 2.45) is 0 Å². The highest BCUT2D eigenvalue weighted by atomic mass is 79.9. The Morgan fingerprint density at radius 1 is 1.25 bits per heavy atom. The number of nitrogens with zero attached hydrogens (tertiary/aromatic N) is 1. The van der Waals surface area contributed by atoms with Gasteiger partial charge in [-0.05, 0) is 70.6 Å². The molecule has 1 aromatic heterocycles. The first-order chi connectivity index (χ1) is 9.74. The molecule has 0 spiro atoms. The summed E-state index contributed by atoms with van der Waals surface area (Å²) in [6, 6.07) is 10.9. The predicted octanol–water partition coefficient (Wildman–Crippen LogP) is 3.82. The highest BCUT2D eigenvalue weighted by Gasteiger charge is 2.19. The van der Waals surface area contributed by atoms with Gasteiger partial charge in [0.25, 0.3) is 0 Å². The monoisotopic (exact) mass is 332 g/mol. The number of aromatic nitrogens is 1. The van der Waals surface area contributed by atoms with Crippen molar-refractivity contribution in [1.29, 1.82) is 0 Å². The highest BCUT2D eigenvalue weighted by molar-refractivity contribution is 9.10. The zero-order valence-electron chi connectivity index (χ0n) is 11.4. The molecule has 0 saturated heterocycles. The van der Waals surface area contributed by atoms with Gasteiger partial charge in [0.05, 0.1) is 19.0 Å². The molecule has 0 fully saturated rings. The number of fused-ring (bicyclic) bond motifs is 1. The lowest BCUT2D eigenvalue weighted by atomic mass is 9.88. The topological polar surface area (TPSA) is 34.1 Å². The number of pyridine rings is 1. The summed E-state index contributed by atoms with van der Waals surface area (Å²) in [6.07, 6.45) is 5.16. The Bertz CT molecular complexity index is 598. The van der Waals surface area contributed by atoms with E-state index >= 15 is 0 Å². The van der Waals surface area contributed by atoms with Gasteiger partial charge in [0.15, 0.2) is 0 Å². The molecule has 2 aromatic rings. The van der Waals surface area contributed by atoms with E-state index in [4.69, 9.17) is 4.74 Å². The van der Waals surface area contributed by atoms with Crippen molar-refractivity contribution in [3.8, 4) is 5.75 Å². The normalized spacial score (nSPS) is 17.4. The molecule has 0 amide bonds. The molecular weight excluding hydrogens is 316 g/mol. The van der Waals surface area contributed by atoms with Gasteiger partial charge in [-0.25, -0.2) is 4.98 Å². The van der Waals surface area contributed by atoms with E-state index in [1.165, 1.54) is 11.1 Å². The van der Waals surface area contributed by atoms with E-state index in [2.05, 4.69) is 44.4 Å². The first-order valence-electron chi connectivity index (χ1n) is 6.78. The van der Waals surface area contributed by atoms with Gasteiger partial charge in [-0.2, -0.15) is 0 Å². The van der Waals surface area contributed by atoms with Crippen LogP contribution in [-0.2, 0) is 12.8 Å². The van der Waals surface area contributed by atoms with Crippen LogP contribution in [0.5, 0.6) is 5.75 Å². The predicted molar refractivity (Wildman–Crippen MR) is 84.4 cm³/mol. The summed E-state index contributed by atoms with van der Waals surface area (Å²) in [5, 5.41) is 3.56. The minimum Gasteiger partial charge on any atom is -0.497 e. The largest absolute Gasteiger partial charge is 0.497 e. The van der Waals surface area contributed by atoms with Crippen molar-refractivity contribution < 1.29 is 4.74 Å². The third-order valence-electron chi connectivity index (χ3n) is 3.74. The van der Waals surface area contributed by atoms with Crippen molar-refractivity contribution in [2.45, 2.75) is 25.3 Å². The van der Waals surface area contributed by atoms with Gasteiger partial charge in [0.1, 0.15) is 10.4 Å². The summed E-state index contributed by atoms with van der Waals surface area (Å²) in [4.78, 5) is 4.25. The van der Waals surface area contributed by atoms with Crippen LogP contribution in [0.15, 0.2) is 41.1 Å². The van der Waals surface area contributed by atoms with Crippen molar-refractivity contribution in [3.05, 3.63) is 52.3 Å². The fourth-order valence-electron chi connectivity index (χ4n) is 2.68. The summed E-state index contributed by atoms with van der Waals surface area (Å²) in [5.74, 6) is 0.940. The van der Waals surface area contributed by atoms with E-state index < -0.39 is 0 Å². The van der Waals surface area contributed by atoms with Gasteiger partial charge in [-0.15, -0.1) is 0 Å². The number of ether oxygens (including phenoxy) is 1. The van der Waals surface area contributed by atoms with Crippen LogP contribution in [0, 0.1) is 0 Å². The van der Waals surface area contributed by atoms with E-state index in [0.29, 0.717) is 6.04 Å². The number of benzene rings is 1. The quantitative estimate of drug-likeness (QED) is 0.867. The number of nitrogens with one attached hydrogen (secondary N) is 1. The second-order valence-corrected chi connectivity index (χ2v) is 5.90. The summed E-state index contributed by atoms with van der Waals surface area (Å²) < 4.78 is 6.17. The molecule has 3 nitrogen and oxygen atoms in total. The molecule has 0 aliphatic heterocycles. The fraction of sp³-hybridized carbons (Fsp3) is 0.312. The van der Waals surface area contributed by atoms with Gasteiger partial charge >= 0.3 is 0 Å². The molecule has 1 aliphatic carbocycles. The van der Waals surface area contributed by atoms with Gasteiger partial charge in [-0.1, -0.05) is 6.07 Å². The Balaban J connectivity index is 1.73. The van der Waals surface area contributed by atoms with Crippen LogP contribution in [0.3, 0.4) is 0 Å². The smallest absolute Gasteiger partial charge is 0.119 e. The molecule has 104 valence electrons. The molecule has 1 unspecified atom stereocenters. The van der Waals surface area contributed by atoms with Crippen LogP contribution in [0.1, 0.15) is 17.5 Å². The molecule has 1 atom stereocenters. The molecule has 1 aromatic carbocycles. The first-order valence-corrected chi connectivity index (χ1v) is 7.58. The maximum Gasteiger partial charge on any atom is 0.119 e. The van der Waals surface area contributed by atoms with Gasteiger partial charge < -0.3 is 10.1 Å². The number of rotatable bonds is 3. The van der Waals surface area contributed by atoms with Crippen LogP contribution >= 0.6 is 15.9 Å². The average Bonchev–Trinajstić information content (AvgIpc) is 2.49. The summed E-state index contributed by atoms with van der Waals surface area (Å²) >= 11 is 3.36. The number of hydrogen-bond acceptors (Lipinski definition) is 3. The maximum absolute atomic E-state index is 5.31. The van der Waals surface area contributed by atoms with Gasteiger partial charge in [0, 0.05) is 6.04 Å². The molecule has 0 bridgehead atoms. The minimum absolute atomic E-state index is 0.456. The lowest BCUT2D eigenvalue weighted by Crippen LogP contribution is -2.27. The molecule has 1 N–H and O–H groups in total. The second kappa shape index (κ2) is 5.83. The van der Waals surface area contributed by atoms with Crippen LogP contribution < -0.4 is 10.1 Å². The lowest BCUT2D eigenvalue weighted by Gasteiger charge is -2.26. The Hall–Kier alpha value is -1.55. The van der Waals surface area contributed by atoms with E-state index in [9.17, 15) is 0 Å². The van der Waals surface area contributed by atoms with Crippen LogP contribution in [0.25, 0.3) is 0 Å². The number of halogens is 1. The zero-order chi connectivity index (χ0) is 13.9. The second-order valence-electron chi connectivity index (χ2n) is 5.09. The van der Waals surface area contributed by atoms with Crippen LogP contribution in [0.4, 0.5) is 5.69 Å². The number of hydrogen-bond donors (Lipinski definition) is 1. The fourth-order valence-corrected chi connectivity index (χ4v) is 2.92. The third-order valence-corrected chi connectivity index (χ3v) is 4.21. The SMILES string of the molecule is COc1ccc2c(c1)CC(Nc1ccc(Br)nc1)CC2. The summed E-state index contributed by atoms with van der Waals surface area (Å²) in [7, 11) is 1.72. The van der Waals surface area contributed by atoms with Crippen molar-refractivity contribution >= 4 is 21.6 Å². The molecular formula is C16H17BrN2O. The lowest BCUT2D eigenvalue weighted by molar-refractivity contribution is 0.413. The van der Waals surface area contributed by atoms with Gasteiger partial charge in [0.2, 0.25) is 0 Å². The van der Waals surface area contributed by atoms with Crippen LogP contribution in [0.2, 0.25) is 0 Å². The standard InChI is InChI=1S/C16H17BrN2O/c1-20-15-6-3-11-2-4-13(8-12(11)9-15)19-14-5-7-16(17)18-10-14/h3,5-7,9-10,13,19H,2,4,8H2,1H3. The Morgan fingerprint density at radius 3 is 2.90 bits per heavy atom. The van der Waals surface area contributed by atoms with E-state index in [1.807, 2.05) is 18.3 Å². The van der Waals surface area contributed by atoms with Crippen molar-refractivity contribution in [1.82, 2.24) is 4.98 Å². The molecule has 1 aliphatic rings. The van der Waals surface area contributed by atoms with E-state index in [1.54, 1.807) is 7.11 Å². The van der Waals surface area contributed by atoms with Crippen LogP contribution in [-0.4, -0.2) is 18.1 Å². The Labute approximate surface area is 127 Å². The number of anilines is 1. The molecule has 4 heteroatoms. The number of aryl methyl sites for hydroxylation is 1. The van der Waals surface area contributed by atoms with Gasteiger partial charge in [-0.3, -0.25) is 0 Å². The summed E-state index contributed by atoms with van der Waals surface area (Å²) in [5.41, 5.74) is 3.90. The average molecular weight is 333 g/mol. The number of methoxy groups -OCH3 is 1.